The van der Waals surface area contributed by atoms with Gasteiger partial charge >= 0.3 is 11.9 Å². The van der Waals surface area contributed by atoms with Crippen molar-refractivity contribution in [2.45, 2.75) is 116 Å². The van der Waals surface area contributed by atoms with Crippen molar-refractivity contribution in [3.63, 3.8) is 0 Å². The van der Waals surface area contributed by atoms with Gasteiger partial charge in [0, 0.05) is 26.6 Å². The van der Waals surface area contributed by atoms with Gasteiger partial charge in [-0.25, -0.2) is 0 Å². The van der Waals surface area contributed by atoms with Crippen LogP contribution >= 0.6 is 0 Å². The predicted molar refractivity (Wildman–Crippen MR) is 143 cm³/mol. The first-order chi connectivity index (χ1) is 17.2. The number of carbonyl (C=O) groups excluding carboxylic acids is 2. The molecule has 0 radical (unpaired) electrons. The Morgan fingerprint density at radius 2 is 1.17 bits per heavy atom. The van der Waals surface area contributed by atoms with Gasteiger partial charge in [-0.1, -0.05) is 101 Å². The third kappa shape index (κ3) is 18.1. The second-order valence-corrected chi connectivity index (χ2v) is 9.51. The summed E-state index contributed by atoms with van der Waals surface area (Å²) in [5.41, 5.74) is 1.24. The van der Waals surface area contributed by atoms with Gasteiger partial charge in [0.2, 0.25) is 0 Å². The van der Waals surface area contributed by atoms with Crippen LogP contribution in [0.15, 0.2) is 30.3 Å². The quantitative estimate of drug-likeness (QED) is 0.116. The van der Waals surface area contributed by atoms with Crippen LogP contribution in [-0.4, -0.2) is 38.9 Å². The van der Waals surface area contributed by atoms with Gasteiger partial charge in [-0.3, -0.25) is 9.59 Å². The van der Waals surface area contributed by atoms with Crippen molar-refractivity contribution in [1.29, 1.82) is 0 Å². The molecule has 0 aliphatic heterocycles. The summed E-state index contributed by atoms with van der Waals surface area (Å²) in [5.74, 6) is -0.162. The van der Waals surface area contributed by atoms with Crippen LogP contribution in [-0.2, 0) is 23.8 Å². The number of hydrogen-bond donors (Lipinski definition) is 0. The van der Waals surface area contributed by atoms with Crippen LogP contribution in [0.5, 0.6) is 0 Å². The smallest absolute Gasteiger partial charge is 0.305 e. The van der Waals surface area contributed by atoms with Crippen molar-refractivity contribution in [2.24, 2.45) is 0 Å². The molecule has 0 fully saturated rings. The highest BCUT2D eigenvalue weighted by Crippen LogP contribution is 2.23. The minimum absolute atomic E-state index is 0.214. The second-order valence-electron chi connectivity index (χ2n) is 9.51. The lowest BCUT2D eigenvalue weighted by Gasteiger charge is -2.17. The van der Waals surface area contributed by atoms with E-state index in [4.69, 9.17) is 14.2 Å². The van der Waals surface area contributed by atoms with E-state index in [2.05, 4.69) is 19.1 Å². The Kier molecular flexibility index (Phi) is 20.1. The lowest BCUT2D eigenvalue weighted by Crippen LogP contribution is -2.12. The number of hydrogen-bond acceptors (Lipinski definition) is 5. The summed E-state index contributed by atoms with van der Waals surface area (Å²) in [7, 11) is 1.70. The number of carbonyl (C=O) groups is 2. The van der Waals surface area contributed by atoms with E-state index in [9.17, 15) is 9.59 Å². The Hall–Kier alpha value is -1.88. The molecular formula is C30H50O5. The van der Waals surface area contributed by atoms with E-state index in [1.807, 2.05) is 18.2 Å². The molecule has 0 spiro atoms. The Labute approximate surface area is 214 Å². The predicted octanol–water partition coefficient (Wildman–Crippen LogP) is 7.76. The number of methoxy groups -OCH3 is 1. The highest BCUT2D eigenvalue weighted by Gasteiger charge is 2.13. The van der Waals surface area contributed by atoms with Gasteiger partial charge in [0.1, 0.15) is 0 Å². The van der Waals surface area contributed by atoms with Crippen molar-refractivity contribution in [1.82, 2.24) is 0 Å². The third-order valence-electron chi connectivity index (χ3n) is 6.44. The molecule has 1 aromatic rings. The fraction of sp³-hybridized carbons (Fsp3) is 0.733. The van der Waals surface area contributed by atoms with Gasteiger partial charge in [0.25, 0.3) is 0 Å². The molecule has 1 atom stereocenters. The molecule has 0 aliphatic carbocycles. The fourth-order valence-electron chi connectivity index (χ4n) is 4.25. The van der Waals surface area contributed by atoms with Gasteiger partial charge in [-0.2, -0.15) is 0 Å². The number of ether oxygens (including phenoxy) is 3. The number of esters is 2. The maximum Gasteiger partial charge on any atom is 0.305 e. The normalized spacial score (nSPS) is 11.8. The first kappa shape index (κ1) is 31.2. The van der Waals surface area contributed by atoms with Gasteiger partial charge in [-0.15, -0.1) is 0 Å². The van der Waals surface area contributed by atoms with Gasteiger partial charge in [0.15, 0.2) is 0 Å². The molecule has 5 heteroatoms. The minimum Gasteiger partial charge on any atom is -0.466 e. The van der Waals surface area contributed by atoms with Crippen LogP contribution in [0.25, 0.3) is 0 Å². The lowest BCUT2D eigenvalue weighted by atomic mass is 9.93. The molecule has 0 aromatic heterocycles. The second kappa shape index (κ2) is 22.6. The Morgan fingerprint density at radius 3 is 1.74 bits per heavy atom. The molecule has 1 rings (SSSR count). The van der Waals surface area contributed by atoms with E-state index >= 15 is 0 Å². The van der Waals surface area contributed by atoms with Crippen molar-refractivity contribution in [2.75, 3.05) is 26.9 Å². The maximum absolute atomic E-state index is 12.0. The molecule has 0 amide bonds. The van der Waals surface area contributed by atoms with Gasteiger partial charge in [0.05, 0.1) is 13.2 Å². The third-order valence-corrected chi connectivity index (χ3v) is 6.44. The standard InChI is InChI=1S/C30H50O5/c1-3-4-5-6-7-8-9-10-11-12-16-24-34-29(31)20-17-21-30(32)35-26-23-28(22-25-33-2)27-18-14-13-15-19-27/h13-15,18-19,28H,3-12,16-17,20-26H2,1-2H3. The topological polar surface area (TPSA) is 61.8 Å². The lowest BCUT2D eigenvalue weighted by molar-refractivity contribution is -0.145. The fourth-order valence-corrected chi connectivity index (χ4v) is 4.25. The molecule has 0 bridgehead atoms. The van der Waals surface area contributed by atoms with E-state index in [1.165, 1.54) is 63.4 Å². The summed E-state index contributed by atoms with van der Waals surface area (Å²) in [6.07, 6.45) is 16.7. The molecule has 1 unspecified atom stereocenters. The zero-order chi connectivity index (χ0) is 25.4. The van der Waals surface area contributed by atoms with Crippen LogP contribution in [0.1, 0.15) is 121 Å². The monoisotopic (exact) mass is 490 g/mol. The summed E-state index contributed by atoms with van der Waals surface area (Å²) < 4.78 is 15.9. The zero-order valence-corrected chi connectivity index (χ0v) is 22.4. The average Bonchev–Trinajstić information content (AvgIpc) is 2.87. The van der Waals surface area contributed by atoms with Gasteiger partial charge < -0.3 is 14.2 Å². The summed E-state index contributed by atoms with van der Waals surface area (Å²) in [5, 5.41) is 0. The van der Waals surface area contributed by atoms with Crippen molar-refractivity contribution >= 4 is 11.9 Å². The molecule has 0 heterocycles. The van der Waals surface area contributed by atoms with Crippen molar-refractivity contribution in [3.8, 4) is 0 Å². The molecule has 5 nitrogen and oxygen atoms in total. The minimum atomic E-state index is -0.248. The molecular weight excluding hydrogens is 440 g/mol. The largest absolute Gasteiger partial charge is 0.466 e. The maximum atomic E-state index is 12.0. The number of benzene rings is 1. The Balaban J connectivity index is 1.98. The van der Waals surface area contributed by atoms with Crippen LogP contribution < -0.4 is 0 Å². The number of unbranched alkanes of at least 4 members (excludes halogenated alkanes) is 10. The molecule has 35 heavy (non-hydrogen) atoms. The van der Waals surface area contributed by atoms with E-state index in [-0.39, 0.29) is 24.8 Å². The molecule has 1 aromatic carbocycles. The summed E-state index contributed by atoms with van der Waals surface area (Å²) >= 11 is 0. The number of rotatable bonds is 23. The van der Waals surface area contributed by atoms with E-state index in [0.29, 0.717) is 32.2 Å². The summed E-state index contributed by atoms with van der Waals surface area (Å²) in [6, 6.07) is 10.3. The van der Waals surface area contributed by atoms with E-state index < -0.39 is 0 Å². The summed E-state index contributed by atoms with van der Waals surface area (Å²) in [6.45, 7) is 3.80. The van der Waals surface area contributed by atoms with Crippen LogP contribution in [0.2, 0.25) is 0 Å². The van der Waals surface area contributed by atoms with Crippen LogP contribution in [0.4, 0.5) is 0 Å². The molecule has 0 aliphatic rings. The van der Waals surface area contributed by atoms with Crippen molar-refractivity contribution in [3.05, 3.63) is 35.9 Å². The first-order valence-corrected chi connectivity index (χ1v) is 14.0. The van der Waals surface area contributed by atoms with Crippen LogP contribution in [0, 0.1) is 0 Å². The van der Waals surface area contributed by atoms with E-state index in [1.54, 1.807) is 7.11 Å². The molecule has 0 N–H and O–H groups in total. The Bertz CT molecular complexity index is 631. The SMILES string of the molecule is CCCCCCCCCCCCCOC(=O)CCCC(=O)OCCC(CCOC)c1ccccc1. The first-order valence-electron chi connectivity index (χ1n) is 14.0. The Morgan fingerprint density at radius 1 is 0.657 bits per heavy atom. The highest BCUT2D eigenvalue weighted by atomic mass is 16.5. The molecule has 0 saturated heterocycles. The summed E-state index contributed by atoms with van der Waals surface area (Å²) in [4.78, 5) is 23.9. The van der Waals surface area contributed by atoms with Gasteiger partial charge in [-0.05, 0) is 37.2 Å². The molecule has 0 saturated carbocycles. The highest BCUT2D eigenvalue weighted by molar-refractivity contribution is 5.72. The van der Waals surface area contributed by atoms with Crippen molar-refractivity contribution < 1.29 is 23.8 Å². The van der Waals surface area contributed by atoms with E-state index in [0.717, 1.165) is 25.7 Å². The molecule has 200 valence electrons. The van der Waals surface area contributed by atoms with Crippen LogP contribution in [0.3, 0.4) is 0 Å². The zero-order valence-electron chi connectivity index (χ0n) is 22.4. The average molecular weight is 491 g/mol.